The molecule has 0 N–H and O–H groups in total. The van der Waals surface area contributed by atoms with Crippen molar-refractivity contribution in [1.82, 2.24) is 0 Å². The molecule has 0 aromatic heterocycles. The minimum Gasteiger partial charge on any atom is -0.290 e. The van der Waals surface area contributed by atoms with Crippen LogP contribution in [0, 0.1) is 0 Å². The normalized spacial score (nSPS) is 14.8. The van der Waals surface area contributed by atoms with Crippen LogP contribution in [0.25, 0.3) is 5.57 Å². The fraction of sp³-hybridized carbons (Fsp3) is 0.182. The summed E-state index contributed by atoms with van der Waals surface area (Å²) in [5.41, 5.74) is 2.62. The maximum atomic E-state index is 10.9. The molecule has 0 radical (unpaired) electrons. The molecule has 0 atom stereocenters. The lowest BCUT2D eigenvalue weighted by molar-refractivity contribution is 0.989. The zero-order valence-electron chi connectivity index (χ0n) is 6.79. The average Bonchev–Trinajstić information content (AvgIpc) is 2.12. The van der Waals surface area contributed by atoms with Crippen molar-refractivity contribution in [3.05, 3.63) is 52.2 Å². The van der Waals surface area contributed by atoms with Gasteiger partial charge in [0.25, 0.3) is 0 Å². The predicted octanol–water partition coefficient (Wildman–Crippen LogP) is 2.22. The predicted molar refractivity (Wildman–Crippen MR) is 49.9 cm³/mol. The van der Waals surface area contributed by atoms with Gasteiger partial charge in [-0.3, -0.25) is 4.79 Å². The highest BCUT2D eigenvalue weighted by molar-refractivity contribution is 5.69. The topological polar surface area (TPSA) is 17.1 Å². The second kappa shape index (κ2) is 2.94. The molecule has 0 aliphatic heterocycles. The first kappa shape index (κ1) is 7.29. The Hall–Kier alpha value is -1.37. The molecule has 1 aromatic carbocycles. The van der Waals surface area contributed by atoms with Crippen molar-refractivity contribution in [2.24, 2.45) is 0 Å². The van der Waals surface area contributed by atoms with E-state index in [2.05, 4.69) is 6.08 Å². The SMILES string of the molecule is O=c1cccc(C2=CCC2)cc1. The van der Waals surface area contributed by atoms with E-state index in [1.807, 2.05) is 18.2 Å². The standard InChI is InChI=1S/C11H10O/c12-11-6-2-5-10(7-8-11)9-3-1-4-9/h2-3,5-8H,1,4H2. The molecule has 0 saturated carbocycles. The van der Waals surface area contributed by atoms with Crippen molar-refractivity contribution in [2.45, 2.75) is 12.8 Å². The van der Waals surface area contributed by atoms with E-state index in [1.54, 1.807) is 12.1 Å². The first-order chi connectivity index (χ1) is 5.86. The van der Waals surface area contributed by atoms with E-state index in [-0.39, 0.29) is 5.43 Å². The minimum atomic E-state index is 0.0705. The maximum Gasteiger partial charge on any atom is 0.178 e. The molecule has 0 amide bonds. The van der Waals surface area contributed by atoms with Crippen molar-refractivity contribution < 1.29 is 0 Å². The molecule has 2 rings (SSSR count). The average molecular weight is 158 g/mol. The molecule has 60 valence electrons. The Morgan fingerprint density at radius 3 is 2.58 bits per heavy atom. The molecule has 0 bridgehead atoms. The van der Waals surface area contributed by atoms with Gasteiger partial charge in [0.2, 0.25) is 0 Å². The highest BCUT2D eigenvalue weighted by Gasteiger charge is 2.06. The van der Waals surface area contributed by atoms with Gasteiger partial charge in [-0.1, -0.05) is 24.3 Å². The molecule has 0 saturated heterocycles. The summed E-state index contributed by atoms with van der Waals surface area (Å²) in [5.74, 6) is 0. The number of hydrogen-bond donors (Lipinski definition) is 0. The van der Waals surface area contributed by atoms with Crippen LogP contribution in [-0.2, 0) is 0 Å². The smallest absolute Gasteiger partial charge is 0.178 e. The zero-order chi connectivity index (χ0) is 8.39. The van der Waals surface area contributed by atoms with E-state index < -0.39 is 0 Å². The van der Waals surface area contributed by atoms with Gasteiger partial charge in [-0.25, -0.2) is 0 Å². The van der Waals surface area contributed by atoms with Crippen molar-refractivity contribution >= 4 is 5.57 Å². The summed E-state index contributed by atoms with van der Waals surface area (Å²) in [7, 11) is 0. The Balaban J connectivity index is 2.47. The lowest BCUT2D eigenvalue weighted by Gasteiger charge is -2.12. The molecular weight excluding hydrogens is 148 g/mol. The van der Waals surface area contributed by atoms with Crippen LogP contribution in [0.4, 0.5) is 0 Å². The third-order valence-electron chi connectivity index (χ3n) is 2.14. The number of allylic oxidation sites excluding steroid dienone is 2. The van der Waals surface area contributed by atoms with Crippen molar-refractivity contribution in [3.63, 3.8) is 0 Å². The van der Waals surface area contributed by atoms with Gasteiger partial charge in [0, 0.05) is 0 Å². The summed E-state index contributed by atoms with van der Waals surface area (Å²) in [6.07, 6.45) is 4.54. The molecule has 1 aliphatic rings. The van der Waals surface area contributed by atoms with Crippen LogP contribution < -0.4 is 5.43 Å². The summed E-state index contributed by atoms with van der Waals surface area (Å²) in [6.45, 7) is 0. The van der Waals surface area contributed by atoms with Crippen LogP contribution in [0.5, 0.6) is 0 Å². The summed E-state index contributed by atoms with van der Waals surface area (Å²) < 4.78 is 0. The Labute approximate surface area is 71.4 Å². The van der Waals surface area contributed by atoms with Gasteiger partial charge < -0.3 is 0 Å². The Bertz CT molecular complexity index is 377. The van der Waals surface area contributed by atoms with Gasteiger partial charge in [0.1, 0.15) is 0 Å². The van der Waals surface area contributed by atoms with Gasteiger partial charge in [-0.15, -0.1) is 0 Å². The first-order valence-electron chi connectivity index (χ1n) is 4.16. The highest BCUT2D eigenvalue weighted by atomic mass is 16.1. The van der Waals surface area contributed by atoms with Gasteiger partial charge in [0.05, 0.1) is 0 Å². The summed E-state index contributed by atoms with van der Waals surface area (Å²) in [4.78, 5) is 10.9. The third kappa shape index (κ3) is 1.30. The number of hydrogen-bond acceptors (Lipinski definition) is 1. The van der Waals surface area contributed by atoms with E-state index in [1.165, 1.54) is 17.6 Å². The third-order valence-corrected chi connectivity index (χ3v) is 2.14. The molecule has 0 unspecified atom stereocenters. The highest BCUT2D eigenvalue weighted by Crippen LogP contribution is 2.27. The van der Waals surface area contributed by atoms with E-state index in [4.69, 9.17) is 0 Å². The molecule has 1 aromatic rings. The fourth-order valence-corrected chi connectivity index (χ4v) is 1.29. The Kier molecular flexibility index (Phi) is 1.78. The summed E-state index contributed by atoms with van der Waals surface area (Å²) >= 11 is 0. The van der Waals surface area contributed by atoms with Crippen molar-refractivity contribution in [1.29, 1.82) is 0 Å². The largest absolute Gasteiger partial charge is 0.290 e. The quantitative estimate of drug-likeness (QED) is 0.612. The zero-order valence-corrected chi connectivity index (χ0v) is 6.79. The molecule has 1 nitrogen and oxygen atoms in total. The van der Waals surface area contributed by atoms with E-state index in [0.717, 1.165) is 6.42 Å². The van der Waals surface area contributed by atoms with Crippen LogP contribution in [0.15, 0.2) is 41.2 Å². The van der Waals surface area contributed by atoms with Gasteiger partial charge in [-0.05, 0) is 36.1 Å². The lowest BCUT2D eigenvalue weighted by Crippen LogP contribution is -1.92. The summed E-state index contributed by atoms with van der Waals surface area (Å²) in [5, 5.41) is 0. The number of rotatable bonds is 1. The molecule has 12 heavy (non-hydrogen) atoms. The molecule has 1 heteroatoms. The second-order valence-electron chi connectivity index (χ2n) is 2.98. The maximum absolute atomic E-state index is 10.9. The second-order valence-corrected chi connectivity index (χ2v) is 2.98. The lowest BCUT2D eigenvalue weighted by atomic mass is 9.93. The Morgan fingerprint density at radius 1 is 1.08 bits per heavy atom. The van der Waals surface area contributed by atoms with Crippen LogP contribution in [-0.4, -0.2) is 0 Å². The van der Waals surface area contributed by atoms with Crippen LogP contribution in [0.2, 0.25) is 0 Å². The van der Waals surface area contributed by atoms with Gasteiger partial charge in [0.15, 0.2) is 5.43 Å². The molecule has 0 heterocycles. The van der Waals surface area contributed by atoms with E-state index in [9.17, 15) is 4.79 Å². The van der Waals surface area contributed by atoms with Crippen molar-refractivity contribution in [2.75, 3.05) is 0 Å². The molecular formula is C11H10O. The van der Waals surface area contributed by atoms with E-state index >= 15 is 0 Å². The monoisotopic (exact) mass is 158 g/mol. The Morgan fingerprint density at radius 2 is 1.92 bits per heavy atom. The van der Waals surface area contributed by atoms with Crippen molar-refractivity contribution in [3.8, 4) is 0 Å². The van der Waals surface area contributed by atoms with E-state index in [0.29, 0.717) is 0 Å². The van der Waals surface area contributed by atoms with Gasteiger partial charge in [-0.2, -0.15) is 0 Å². The van der Waals surface area contributed by atoms with Crippen LogP contribution in [0.3, 0.4) is 0 Å². The van der Waals surface area contributed by atoms with Crippen LogP contribution >= 0.6 is 0 Å². The molecule has 1 aliphatic carbocycles. The molecule has 0 fully saturated rings. The van der Waals surface area contributed by atoms with Gasteiger partial charge >= 0.3 is 0 Å². The fourth-order valence-electron chi connectivity index (χ4n) is 1.29. The summed E-state index contributed by atoms with van der Waals surface area (Å²) in [6, 6.07) is 8.91. The first-order valence-corrected chi connectivity index (χ1v) is 4.16. The van der Waals surface area contributed by atoms with Crippen LogP contribution in [0.1, 0.15) is 18.4 Å². The minimum absolute atomic E-state index is 0.0705. The molecule has 0 spiro atoms.